The van der Waals surface area contributed by atoms with Crippen LogP contribution in [0.4, 0.5) is 0 Å². The van der Waals surface area contributed by atoms with Gasteiger partial charge in [-0.05, 0) is 61.4 Å². The molecule has 30 heavy (non-hydrogen) atoms. The van der Waals surface area contributed by atoms with E-state index in [0.717, 1.165) is 42.9 Å². The van der Waals surface area contributed by atoms with Crippen LogP contribution in [0.15, 0.2) is 58.1 Å². The minimum Gasteiger partial charge on any atom is -0.313 e. The van der Waals surface area contributed by atoms with Gasteiger partial charge in [0.25, 0.3) is 5.56 Å². The summed E-state index contributed by atoms with van der Waals surface area (Å²) in [5.74, 6) is 0.427. The van der Waals surface area contributed by atoms with E-state index in [1.807, 2.05) is 41.3 Å². The molecule has 0 N–H and O–H groups in total. The fraction of sp³-hybridized carbons (Fsp3) is 0.375. The number of allylic oxidation sites excluding steroid dienone is 2. The molecule has 0 bridgehead atoms. The van der Waals surface area contributed by atoms with Crippen molar-refractivity contribution >= 4 is 39.3 Å². The predicted octanol–water partition coefficient (Wildman–Crippen LogP) is 4.63. The third kappa shape index (κ3) is 3.65. The SMILES string of the molecule is Cn1c(SCC(=O)N(C2=CCCCC2)C2CC2)nc2cc3ccccc3cc2c1=O. The summed E-state index contributed by atoms with van der Waals surface area (Å²) >= 11 is 1.36. The normalized spacial score (nSPS) is 16.6. The summed E-state index contributed by atoms with van der Waals surface area (Å²) in [6.07, 6.45) is 8.84. The fourth-order valence-electron chi connectivity index (χ4n) is 4.23. The van der Waals surface area contributed by atoms with Gasteiger partial charge < -0.3 is 4.90 Å². The summed E-state index contributed by atoms with van der Waals surface area (Å²) in [5.41, 5.74) is 1.80. The van der Waals surface area contributed by atoms with Crippen molar-refractivity contribution in [3.05, 3.63) is 58.5 Å². The third-order valence-corrected chi connectivity index (χ3v) is 7.00. The summed E-state index contributed by atoms with van der Waals surface area (Å²) in [4.78, 5) is 32.8. The van der Waals surface area contributed by atoms with E-state index >= 15 is 0 Å². The third-order valence-electron chi connectivity index (χ3n) is 5.98. The van der Waals surface area contributed by atoms with E-state index in [9.17, 15) is 9.59 Å². The average molecular weight is 420 g/mol. The van der Waals surface area contributed by atoms with Gasteiger partial charge in [0.15, 0.2) is 5.16 Å². The maximum atomic E-state index is 13.1. The zero-order valence-corrected chi connectivity index (χ0v) is 18.0. The molecule has 154 valence electrons. The van der Waals surface area contributed by atoms with Gasteiger partial charge in [0.05, 0.1) is 16.7 Å². The molecule has 2 aliphatic rings. The molecule has 1 heterocycles. The number of carbonyl (C=O) groups excluding carboxylic acids is 1. The number of fused-ring (bicyclic) bond motifs is 2. The first-order chi connectivity index (χ1) is 14.6. The number of benzene rings is 2. The maximum absolute atomic E-state index is 13.1. The van der Waals surface area contributed by atoms with Crippen LogP contribution in [-0.4, -0.2) is 32.2 Å². The predicted molar refractivity (Wildman–Crippen MR) is 122 cm³/mol. The Morgan fingerprint density at radius 2 is 1.97 bits per heavy atom. The lowest BCUT2D eigenvalue weighted by Crippen LogP contribution is -2.34. The highest BCUT2D eigenvalue weighted by Gasteiger charge is 2.35. The second-order valence-corrected chi connectivity index (χ2v) is 9.14. The Morgan fingerprint density at radius 1 is 1.20 bits per heavy atom. The molecular weight excluding hydrogens is 394 g/mol. The van der Waals surface area contributed by atoms with Crippen LogP contribution in [-0.2, 0) is 11.8 Å². The van der Waals surface area contributed by atoms with Crippen molar-refractivity contribution in [1.82, 2.24) is 14.5 Å². The van der Waals surface area contributed by atoms with E-state index in [1.165, 1.54) is 23.9 Å². The lowest BCUT2D eigenvalue weighted by Gasteiger charge is -2.27. The van der Waals surface area contributed by atoms with Gasteiger partial charge in [0, 0.05) is 18.8 Å². The van der Waals surface area contributed by atoms with Gasteiger partial charge in [-0.15, -0.1) is 0 Å². The summed E-state index contributed by atoms with van der Waals surface area (Å²) < 4.78 is 1.57. The molecule has 0 spiro atoms. The summed E-state index contributed by atoms with van der Waals surface area (Å²) in [7, 11) is 1.74. The van der Waals surface area contributed by atoms with Gasteiger partial charge in [0.1, 0.15) is 0 Å². The Labute approximate surface area is 179 Å². The molecule has 3 aromatic rings. The van der Waals surface area contributed by atoms with E-state index < -0.39 is 0 Å². The van der Waals surface area contributed by atoms with Crippen LogP contribution in [0.2, 0.25) is 0 Å². The molecular formula is C24H25N3O2S. The molecule has 2 aromatic carbocycles. The van der Waals surface area contributed by atoms with Crippen molar-refractivity contribution < 1.29 is 4.79 Å². The highest BCUT2D eigenvalue weighted by Crippen LogP contribution is 2.34. The van der Waals surface area contributed by atoms with Gasteiger partial charge >= 0.3 is 0 Å². The molecule has 6 heteroatoms. The van der Waals surface area contributed by atoms with Crippen LogP contribution in [0.3, 0.4) is 0 Å². The standard InChI is InChI=1S/C24H25N3O2S/c1-26-23(29)20-13-16-7-5-6-8-17(16)14-21(20)25-24(26)30-15-22(28)27(19-11-12-19)18-9-3-2-4-10-18/h5-9,13-14,19H,2-4,10-12,15H2,1H3. The largest absolute Gasteiger partial charge is 0.313 e. The Hall–Kier alpha value is -2.60. The number of rotatable bonds is 5. The molecule has 2 aliphatic carbocycles. The summed E-state index contributed by atoms with van der Waals surface area (Å²) in [6, 6.07) is 12.2. The summed E-state index contributed by atoms with van der Waals surface area (Å²) in [6.45, 7) is 0. The molecule has 1 aromatic heterocycles. The first-order valence-electron chi connectivity index (χ1n) is 10.7. The molecule has 0 radical (unpaired) electrons. The number of nitrogens with zero attached hydrogens (tertiary/aromatic N) is 3. The zero-order valence-electron chi connectivity index (χ0n) is 17.1. The number of carbonyl (C=O) groups is 1. The van der Waals surface area contributed by atoms with Crippen LogP contribution in [0.25, 0.3) is 21.7 Å². The molecule has 0 saturated heterocycles. The zero-order chi connectivity index (χ0) is 20.7. The van der Waals surface area contributed by atoms with Gasteiger partial charge in [-0.1, -0.05) is 42.1 Å². The Balaban J connectivity index is 1.42. The molecule has 1 saturated carbocycles. The molecule has 1 fully saturated rings. The minimum atomic E-state index is -0.0743. The lowest BCUT2D eigenvalue weighted by molar-refractivity contribution is -0.127. The van der Waals surface area contributed by atoms with Crippen molar-refractivity contribution in [1.29, 1.82) is 0 Å². The Kier molecular flexibility index (Phi) is 5.11. The average Bonchev–Trinajstić information content (AvgIpc) is 3.60. The maximum Gasteiger partial charge on any atom is 0.261 e. The van der Waals surface area contributed by atoms with Gasteiger partial charge in [-0.3, -0.25) is 14.2 Å². The number of hydrogen-bond acceptors (Lipinski definition) is 4. The highest BCUT2D eigenvalue weighted by molar-refractivity contribution is 7.99. The van der Waals surface area contributed by atoms with Gasteiger partial charge in [-0.25, -0.2) is 4.98 Å². The lowest BCUT2D eigenvalue weighted by atomic mass is 10.0. The highest BCUT2D eigenvalue weighted by atomic mass is 32.2. The number of amides is 1. The second kappa shape index (κ2) is 7.91. The smallest absolute Gasteiger partial charge is 0.261 e. The minimum absolute atomic E-state index is 0.0743. The van der Waals surface area contributed by atoms with Crippen molar-refractivity contribution in [2.75, 3.05) is 5.75 Å². The molecule has 5 nitrogen and oxygen atoms in total. The molecule has 1 amide bonds. The van der Waals surface area contributed by atoms with Crippen LogP contribution in [0.1, 0.15) is 38.5 Å². The van der Waals surface area contributed by atoms with Crippen molar-refractivity contribution in [2.45, 2.75) is 49.7 Å². The van der Waals surface area contributed by atoms with Gasteiger partial charge in [-0.2, -0.15) is 0 Å². The number of aromatic nitrogens is 2. The van der Waals surface area contributed by atoms with Crippen molar-refractivity contribution in [3.63, 3.8) is 0 Å². The monoisotopic (exact) mass is 419 g/mol. The number of hydrogen-bond donors (Lipinski definition) is 0. The van der Waals surface area contributed by atoms with E-state index in [-0.39, 0.29) is 11.5 Å². The van der Waals surface area contributed by atoms with Crippen molar-refractivity contribution in [3.8, 4) is 0 Å². The van der Waals surface area contributed by atoms with E-state index in [1.54, 1.807) is 11.6 Å². The Bertz CT molecular complexity index is 1230. The van der Waals surface area contributed by atoms with E-state index in [4.69, 9.17) is 4.98 Å². The first kappa shape index (κ1) is 19.4. The molecule has 0 aliphatic heterocycles. The van der Waals surface area contributed by atoms with Crippen LogP contribution in [0, 0.1) is 0 Å². The first-order valence-corrected chi connectivity index (χ1v) is 11.6. The number of thioether (sulfide) groups is 1. The topological polar surface area (TPSA) is 55.2 Å². The summed E-state index contributed by atoms with van der Waals surface area (Å²) in [5, 5.41) is 3.28. The van der Waals surface area contributed by atoms with Crippen LogP contribution < -0.4 is 5.56 Å². The van der Waals surface area contributed by atoms with Gasteiger partial charge in [0.2, 0.25) is 5.91 Å². The van der Waals surface area contributed by atoms with Crippen LogP contribution in [0.5, 0.6) is 0 Å². The molecule has 0 unspecified atom stereocenters. The fourth-order valence-corrected chi connectivity index (χ4v) is 5.06. The molecule has 0 atom stereocenters. The Morgan fingerprint density at radius 3 is 2.67 bits per heavy atom. The quantitative estimate of drug-likeness (QED) is 0.344. The van der Waals surface area contributed by atoms with E-state index in [2.05, 4.69) is 6.08 Å². The molecule has 5 rings (SSSR count). The second-order valence-electron chi connectivity index (χ2n) is 8.20. The van der Waals surface area contributed by atoms with E-state index in [0.29, 0.717) is 27.9 Å². The van der Waals surface area contributed by atoms with Crippen molar-refractivity contribution in [2.24, 2.45) is 7.05 Å². The van der Waals surface area contributed by atoms with Crippen LogP contribution >= 0.6 is 11.8 Å².